The zero-order valence-electron chi connectivity index (χ0n) is 16.1. The molecule has 27 heavy (non-hydrogen) atoms. The second-order valence-electron chi connectivity index (χ2n) is 7.91. The summed E-state index contributed by atoms with van der Waals surface area (Å²) in [5.41, 5.74) is 6.69. The molecule has 0 aliphatic rings. The molecule has 1 heterocycles. The van der Waals surface area contributed by atoms with Crippen molar-refractivity contribution in [3.8, 4) is 32.0 Å². The van der Waals surface area contributed by atoms with Crippen molar-refractivity contribution < 1.29 is 0 Å². The van der Waals surface area contributed by atoms with Crippen molar-refractivity contribution in [1.82, 2.24) is 0 Å². The van der Waals surface area contributed by atoms with Crippen molar-refractivity contribution in [2.24, 2.45) is 0 Å². The molecular formula is C26H24S. The maximum atomic E-state index is 2.34. The summed E-state index contributed by atoms with van der Waals surface area (Å²) < 4.78 is 0. The summed E-state index contributed by atoms with van der Waals surface area (Å²) >= 11 is 1.87. The molecule has 0 bridgehead atoms. The van der Waals surface area contributed by atoms with Gasteiger partial charge in [0.05, 0.1) is 0 Å². The Kier molecular flexibility index (Phi) is 4.72. The average Bonchev–Trinajstić information content (AvgIpc) is 3.14. The van der Waals surface area contributed by atoms with Crippen LogP contribution in [0.3, 0.4) is 0 Å². The molecule has 134 valence electrons. The van der Waals surface area contributed by atoms with Gasteiger partial charge in [-0.2, -0.15) is 0 Å². The maximum absolute atomic E-state index is 2.34. The van der Waals surface area contributed by atoms with Crippen LogP contribution >= 0.6 is 11.3 Å². The highest BCUT2D eigenvalue weighted by molar-refractivity contribution is 7.19. The largest absolute Gasteiger partial charge is 0.135 e. The lowest BCUT2D eigenvalue weighted by Crippen LogP contribution is -2.10. The van der Waals surface area contributed by atoms with E-state index in [1.807, 2.05) is 11.3 Å². The van der Waals surface area contributed by atoms with E-state index in [-0.39, 0.29) is 5.41 Å². The first-order valence-corrected chi connectivity index (χ1v) is 10.2. The summed E-state index contributed by atoms with van der Waals surface area (Å²) in [5.74, 6) is 0. The van der Waals surface area contributed by atoms with E-state index < -0.39 is 0 Å². The fourth-order valence-electron chi connectivity index (χ4n) is 3.30. The zero-order chi connectivity index (χ0) is 18.9. The van der Waals surface area contributed by atoms with Crippen molar-refractivity contribution in [2.45, 2.75) is 26.2 Å². The van der Waals surface area contributed by atoms with Crippen molar-refractivity contribution >= 4 is 11.3 Å². The highest BCUT2D eigenvalue weighted by Gasteiger charge is 2.16. The summed E-state index contributed by atoms with van der Waals surface area (Å²) in [6, 6.07) is 32.8. The lowest BCUT2D eigenvalue weighted by molar-refractivity contribution is 0.590. The lowest BCUT2D eigenvalue weighted by Gasteiger charge is -2.18. The third-order valence-corrected chi connectivity index (χ3v) is 6.12. The van der Waals surface area contributed by atoms with Crippen molar-refractivity contribution in [1.29, 1.82) is 0 Å². The molecule has 0 fully saturated rings. The molecule has 0 saturated heterocycles. The molecule has 3 aromatic carbocycles. The van der Waals surface area contributed by atoms with Crippen LogP contribution in [0.4, 0.5) is 0 Å². The van der Waals surface area contributed by atoms with Gasteiger partial charge in [0.2, 0.25) is 0 Å². The van der Waals surface area contributed by atoms with Crippen LogP contribution in [-0.4, -0.2) is 0 Å². The van der Waals surface area contributed by atoms with Gasteiger partial charge in [0, 0.05) is 15.3 Å². The van der Waals surface area contributed by atoms with Crippen LogP contribution in [0, 0.1) is 0 Å². The molecule has 0 N–H and O–H groups in total. The highest BCUT2D eigenvalue weighted by Crippen LogP contribution is 2.43. The number of hydrogen-bond donors (Lipinski definition) is 0. The summed E-state index contributed by atoms with van der Waals surface area (Å²) in [5, 5.41) is 0. The van der Waals surface area contributed by atoms with Crippen molar-refractivity contribution in [2.75, 3.05) is 0 Å². The predicted molar refractivity (Wildman–Crippen MR) is 119 cm³/mol. The first-order valence-electron chi connectivity index (χ1n) is 9.38. The maximum Gasteiger partial charge on any atom is 0.0427 e. The van der Waals surface area contributed by atoms with E-state index in [0.717, 1.165) is 0 Å². The van der Waals surface area contributed by atoms with Gasteiger partial charge in [-0.15, -0.1) is 11.3 Å². The Morgan fingerprint density at radius 2 is 1.15 bits per heavy atom. The van der Waals surface area contributed by atoms with E-state index in [4.69, 9.17) is 0 Å². The monoisotopic (exact) mass is 368 g/mol. The Morgan fingerprint density at radius 3 is 1.70 bits per heavy atom. The molecule has 0 aliphatic carbocycles. The van der Waals surface area contributed by atoms with Gasteiger partial charge in [-0.25, -0.2) is 0 Å². The smallest absolute Gasteiger partial charge is 0.0427 e. The first kappa shape index (κ1) is 17.8. The third kappa shape index (κ3) is 3.74. The normalized spacial score (nSPS) is 11.5. The standard InChI is InChI=1S/C26H24S/c1-26(2,3)22-16-14-20(15-17-22)24-18-23(19-10-6-4-7-11-19)25(27-24)21-12-8-5-9-13-21/h4-18H,1-3H3. The van der Waals surface area contributed by atoms with Gasteiger partial charge in [0.1, 0.15) is 0 Å². The summed E-state index contributed by atoms with van der Waals surface area (Å²) in [7, 11) is 0. The molecule has 0 atom stereocenters. The fraction of sp³-hybridized carbons (Fsp3) is 0.154. The van der Waals surface area contributed by atoms with Crippen LogP contribution in [0.2, 0.25) is 0 Å². The summed E-state index contributed by atoms with van der Waals surface area (Å²) in [4.78, 5) is 2.64. The lowest BCUT2D eigenvalue weighted by atomic mass is 9.86. The topological polar surface area (TPSA) is 0 Å². The van der Waals surface area contributed by atoms with Gasteiger partial charge in [0.15, 0.2) is 0 Å². The van der Waals surface area contributed by atoms with Gasteiger partial charge in [-0.3, -0.25) is 0 Å². The molecule has 0 radical (unpaired) electrons. The van der Waals surface area contributed by atoms with Crippen LogP contribution < -0.4 is 0 Å². The Morgan fingerprint density at radius 1 is 0.593 bits per heavy atom. The van der Waals surface area contributed by atoms with E-state index in [9.17, 15) is 0 Å². The number of rotatable bonds is 3. The van der Waals surface area contributed by atoms with Gasteiger partial charge < -0.3 is 0 Å². The Bertz CT molecular complexity index is 960. The number of thiophene rings is 1. The molecule has 0 nitrogen and oxygen atoms in total. The van der Waals surface area contributed by atoms with E-state index >= 15 is 0 Å². The fourth-order valence-corrected chi connectivity index (χ4v) is 4.50. The SMILES string of the molecule is CC(C)(C)c1ccc(-c2cc(-c3ccccc3)c(-c3ccccc3)s2)cc1. The van der Waals surface area contributed by atoms with Gasteiger partial charge in [-0.05, 0) is 33.7 Å². The zero-order valence-corrected chi connectivity index (χ0v) is 16.9. The quantitative estimate of drug-likeness (QED) is 0.343. The molecule has 0 amide bonds. The highest BCUT2D eigenvalue weighted by atomic mass is 32.1. The molecule has 0 saturated carbocycles. The van der Waals surface area contributed by atoms with E-state index in [1.54, 1.807) is 0 Å². The van der Waals surface area contributed by atoms with Crippen LogP contribution in [0.1, 0.15) is 26.3 Å². The van der Waals surface area contributed by atoms with E-state index in [1.165, 1.54) is 37.6 Å². The molecular weight excluding hydrogens is 344 g/mol. The molecule has 0 unspecified atom stereocenters. The minimum atomic E-state index is 0.179. The minimum Gasteiger partial charge on any atom is -0.135 e. The van der Waals surface area contributed by atoms with Crippen LogP contribution in [0.15, 0.2) is 91.0 Å². The number of hydrogen-bond acceptors (Lipinski definition) is 1. The molecule has 0 spiro atoms. The van der Waals surface area contributed by atoms with Crippen LogP contribution in [0.5, 0.6) is 0 Å². The van der Waals surface area contributed by atoms with Gasteiger partial charge in [-0.1, -0.05) is 106 Å². The molecule has 4 aromatic rings. The summed E-state index contributed by atoms with van der Waals surface area (Å²) in [6.45, 7) is 6.77. The Labute approximate surface area is 166 Å². The van der Waals surface area contributed by atoms with Gasteiger partial charge >= 0.3 is 0 Å². The average molecular weight is 369 g/mol. The minimum absolute atomic E-state index is 0.179. The number of benzene rings is 3. The van der Waals surface area contributed by atoms with E-state index in [2.05, 4.69) is 112 Å². The van der Waals surface area contributed by atoms with Gasteiger partial charge in [0.25, 0.3) is 0 Å². The third-order valence-electron chi connectivity index (χ3n) is 4.89. The van der Waals surface area contributed by atoms with Crippen molar-refractivity contribution in [3.63, 3.8) is 0 Å². The first-order chi connectivity index (χ1) is 13.0. The molecule has 1 heteroatoms. The molecule has 4 rings (SSSR count). The second-order valence-corrected chi connectivity index (χ2v) is 8.97. The molecule has 1 aromatic heterocycles. The van der Waals surface area contributed by atoms with E-state index in [0.29, 0.717) is 0 Å². The van der Waals surface area contributed by atoms with Crippen LogP contribution in [-0.2, 0) is 5.41 Å². The molecule has 0 aliphatic heterocycles. The Balaban J connectivity index is 1.82. The van der Waals surface area contributed by atoms with Crippen LogP contribution in [0.25, 0.3) is 32.0 Å². The Hall–Kier alpha value is -2.64. The summed E-state index contributed by atoms with van der Waals surface area (Å²) in [6.07, 6.45) is 0. The predicted octanol–water partition coefficient (Wildman–Crippen LogP) is 8.05. The second kappa shape index (κ2) is 7.17. The van der Waals surface area contributed by atoms with Crippen molar-refractivity contribution in [3.05, 3.63) is 96.6 Å².